The third-order valence-corrected chi connectivity index (χ3v) is 1.79. The van der Waals surface area contributed by atoms with Crippen LogP contribution in [0.15, 0.2) is 15.8 Å². The SMILES string of the molecule is CC(CN)NC(=O)c1c[nH]c(=O)[nH]c1=O. The highest BCUT2D eigenvalue weighted by Gasteiger charge is 2.12. The fourth-order valence-electron chi connectivity index (χ4n) is 0.939. The van der Waals surface area contributed by atoms with Crippen molar-refractivity contribution in [3.05, 3.63) is 32.6 Å². The van der Waals surface area contributed by atoms with Gasteiger partial charge in [0, 0.05) is 18.8 Å². The summed E-state index contributed by atoms with van der Waals surface area (Å²) in [6.07, 6.45) is 1.07. The summed E-state index contributed by atoms with van der Waals surface area (Å²) in [6, 6.07) is -0.233. The van der Waals surface area contributed by atoms with Gasteiger partial charge in [-0.1, -0.05) is 0 Å². The second-order valence-corrected chi connectivity index (χ2v) is 3.10. The van der Waals surface area contributed by atoms with Gasteiger partial charge in [-0.2, -0.15) is 0 Å². The number of rotatable bonds is 3. The summed E-state index contributed by atoms with van der Waals surface area (Å²) in [4.78, 5) is 37.5. The highest BCUT2D eigenvalue weighted by molar-refractivity contribution is 5.93. The Morgan fingerprint density at radius 1 is 1.60 bits per heavy atom. The first-order valence-electron chi connectivity index (χ1n) is 4.37. The fourth-order valence-corrected chi connectivity index (χ4v) is 0.939. The topological polar surface area (TPSA) is 121 Å². The van der Waals surface area contributed by atoms with Gasteiger partial charge in [-0.3, -0.25) is 14.6 Å². The second kappa shape index (κ2) is 4.56. The number of carbonyl (C=O) groups is 1. The number of hydrogen-bond donors (Lipinski definition) is 4. The fraction of sp³-hybridized carbons (Fsp3) is 0.375. The lowest BCUT2D eigenvalue weighted by atomic mass is 10.2. The van der Waals surface area contributed by atoms with Crippen molar-refractivity contribution in [2.24, 2.45) is 5.73 Å². The lowest BCUT2D eigenvalue weighted by Gasteiger charge is -2.09. The molecule has 0 radical (unpaired) electrons. The van der Waals surface area contributed by atoms with Gasteiger partial charge in [0.25, 0.3) is 11.5 Å². The summed E-state index contributed by atoms with van der Waals surface area (Å²) in [7, 11) is 0. The molecule has 82 valence electrons. The Hall–Kier alpha value is -1.89. The minimum atomic E-state index is -0.722. The molecule has 1 aromatic rings. The van der Waals surface area contributed by atoms with E-state index in [4.69, 9.17) is 5.73 Å². The van der Waals surface area contributed by atoms with E-state index < -0.39 is 17.2 Å². The zero-order valence-corrected chi connectivity index (χ0v) is 8.16. The van der Waals surface area contributed by atoms with Gasteiger partial charge >= 0.3 is 5.69 Å². The summed E-state index contributed by atoms with van der Waals surface area (Å²) < 4.78 is 0. The third kappa shape index (κ3) is 2.78. The van der Waals surface area contributed by atoms with E-state index in [2.05, 4.69) is 10.3 Å². The van der Waals surface area contributed by atoms with E-state index in [0.29, 0.717) is 0 Å². The Labute approximate surface area is 84.7 Å². The number of aromatic nitrogens is 2. The van der Waals surface area contributed by atoms with E-state index in [9.17, 15) is 14.4 Å². The molecule has 7 heteroatoms. The number of amides is 1. The summed E-state index contributed by atoms with van der Waals surface area (Å²) in [5.74, 6) is -0.564. The van der Waals surface area contributed by atoms with E-state index in [1.807, 2.05) is 4.98 Å². The highest BCUT2D eigenvalue weighted by Crippen LogP contribution is 1.86. The van der Waals surface area contributed by atoms with Crippen molar-refractivity contribution >= 4 is 5.91 Å². The molecule has 0 saturated carbocycles. The number of aromatic amines is 2. The molecule has 0 aromatic carbocycles. The standard InChI is InChI=1S/C8H12N4O3/c1-4(2-9)11-6(13)5-3-10-8(15)12-7(5)14/h3-4H,2,9H2,1H3,(H,11,13)(H2,10,12,14,15). The van der Waals surface area contributed by atoms with Crippen LogP contribution in [0, 0.1) is 0 Å². The first-order valence-corrected chi connectivity index (χ1v) is 4.37. The summed E-state index contributed by atoms with van der Waals surface area (Å²) in [5, 5.41) is 2.50. The molecule has 0 saturated heterocycles. The highest BCUT2D eigenvalue weighted by atomic mass is 16.2. The van der Waals surface area contributed by atoms with Crippen LogP contribution in [0.1, 0.15) is 17.3 Å². The van der Waals surface area contributed by atoms with Crippen molar-refractivity contribution in [3.8, 4) is 0 Å². The van der Waals surface area contributed by atoms with Crippen LogP contribution in [0.3, 0.4) is 0 Å². The van der Waals surface area contributed by atoms with Crippen molar-refractivity contribution < 1.29 is 4.79 Å². The molecule has 0 aliphatic heterocycles. The predicted octanol–water partition coefficient (Wildman–Crippen LogP) is -1.86. The van der Waals surface area contributed by atoms with E-state index in [-0.39, 0.29) is 18.2 Å². The number of hydrogen-bond acceptors (Lipinski definition) is 4. The van der Waals surface area contributed by atoms with Gasteiger partial charge in [-0.25, -0.2) is 4.79 Å². The molecule has 0 fully saturated rings. The molecule has 7 nitrogen and oxygen atoms in total. The van der Waals surface area contributed by atoms with Gasteiger partial charge in [0.2, 0.25) is 0 Å². The van der Waals surface area contributed by atoms with Crippen molar-refractivity contribution in [2.45, 2.75) is 13.0 Å². The second-order valence-electron chi connectivity index (χ2n) is 3.10. The van der Waals surface area contributed by atoms with Crippen molar-refractivity contribution in [3.63, 3.8) is 0 Å². The molecule has 0 aliphatic carbocycles. The zero-order valence-electron chi connectivity index (χ0n) is 8.16. The molecule has 15 heavy (non-hydrogen) atoms. The first kappa shape index (κ1) is 11.2. The van der Waals surface area contributed by atoms with Crippen molar-refractivity contribution in [1.82, 2.24) is 15.3 Å². The molecule has 1 rings (SSSR count). The molecule has 0 spiro atoms. The van der Waals surface area contributed by atoms with Gasteiger partial charge < -0.3 is 16.0 Å². The van der Waals surface area contributed by atoms with Crippen LogP contribution < -0.4 is 22.3 Å². The Morgan fingerprint density at radius 3 is 2.80 bits per heavy atom. The lowest BCUT2D eigenvalue weighted by molar-refractivity contribution is 0.0939. The molecule has 1 atom stereocenters. The molecular weight excluding hydrogens is 200 g/mol. The Bertz CT molecular complexity index is 461. The maximum Gasteiger partial charge on any atom is 0.325 e. The molecule has 0 aliphatic rings. The van der Waals surface area contributed by atoms with Gasteiger partial charge in [-0.05, 0) is 6.92 Å². The van der Waals surface area contributed by atoms with E-state index in [0.717, 1.165) is 6.20 Å². The number of nitrogens with two attached hydrogens (primary N) is 1. The van der Waals surface area contributed by atoms with Gasteiger partial charge in [0.05, 0.1) is 0 Å². The number of nitrogens with one attached hydrogen (secondary N) is 3. The van der Waals surface area contributed by atoms with E-state index in [1.165, 1.54) is 0 Å². The smallest absolute Gasteiger partial charge is 0.325 e. The lowest BCUT2D eigenvalue weighted by Crippen LogP contribution is -2.41. The monoisotopic (exact) mass is 212 g/mol. The molecule has 5 N–H and O–H groups in total. The summed E-state index contributed by atoms with van der Waals surface area (Å²) in [5.41, 5.74) is 3.79. The molecule has 0 bridgehead atoms. The van der Waals surface area contributed by atoms with E-state index >= 15 is 0 Å². The number of carbonyl (C=O) groups excluding carboxylic acids is 1. The van der Waals surface area contributed by atoms with Gasteiger partial charge in [-0.15, -0.1) is 0 Å². The molecule has 1 heterocycles. The van der Waals surface area contributed by atoms with Crippen LogP contribution in [0.4, 0.5) is 0 Å². The predicted molar refractivity (Wildman–Crippen MR) is 53.7 cm³/mol. The summed E-state index contributed by atoms with van der Waals surface area (Å²) in [6.45, 7) is 1.98. The van der Waals surface area contributed by atoms with Crippen LogP contribution in [0.2, 0.25) is 0 Å². The van der Waals surface area contributed by atoms with E-state index in [1.54, 1.807) is 6.92 Å². The van der Waals surface area contributed by atoms with Crippen molar-refractivity contribution in [2.75, 3.05) is 6.54 Å². The maximum atomic E-state index is 11.4. The van der Waals surface area contributed by atoms with Crippen LogP contribution in [0.25, 0.3) is 0 Å². The van der Waals surface area contributed by atoms with Crippen molar-refractivity contribution in [1.29, 1.82) is 0 Å². The summed E-state index contributed by atoms with van der Waals surface area (Å²) >= 11 is 0. The number of H-pyrrole nitrogens is 2. The average molecular weight is 212 g/mol. The van der Waals surface area contributed by atoms with Gasteiger partial charge in [0.15, 0.2) is 0 Å². The Kier molecular flexibility index (Phi) is 3.40. The minimum Gasteiger partial charge on any atom is -0.348 e. The van der Waals surface area contributed by atoms with Crippen LogP contribution in [-0.2, 0) is 0 Å². The molecule has 1 aromatic heterocycles. The van der Waals surface area contributed by atoms with Crippen LogP contribution >= 0.6 is 0 Å². The van der Waals surface area contributed by atoms with Crippen LogP contribution in [-0.4, -0.2) is 28.5 Å². The quantitative estimate of drug-likeness (QED) is 0.469. The van der Waals surface area contributed by atoms with Gasteiger partial charge in [0.1, 0.15) is 5.56 Å². The molecular formula is C8H12N4O3. The minimum absolute atomic E-state index is 0.144. The maximum absolute atomic E-state index is 11.4. The first-order chi connectivity index (χ1) is 7.04. The van der Waals surface area contributed by atoms with Crippen LogP contribution in [0.5, 0.6) is 0 Å². The largest absolute Gasteiger partial charge is 0.348 e. The molecule has 1 unspecified atom stereocenters. The Morgan fingerprint density at radius 2 is 2.27 bits per heavy atom. The third-order valence-electron chi connectivity index (χ3n) is 1.79. The molecule has 1 amide bonds. The normalized spacial score (nSPS) is 12.1. The average Bonchev–Trinajstić information content (AvgIpc) is 2.17. The zero-order chi connectivity index (χ0) is 11.4. The Balaban J connectivity index is 2.92.